The molecule has 1 atom stereocenters. The van der Waals surface area contributed by atoms with Gasteiger partial charge in [-0.3, -0.25) is 0 Å². The number of nitrogens with one attached hydrogen (secondary N) is 1. The SMILES string of the molecule is CCCOc1ccc(C2C(C(=O)OCc3ccccc3)=C(C)Nc3nc(SCCC)nn32)cc1. The molecule has 0 saturated carbocycles. The molecule has 0 amide bonds. The Balaban J connectivity index is 1.66. The zero-order valence-corrected chi connectivity index (χ0v) is 20.6. The highest BCUT2D eigenvalue weighted by Crippen LogP contribution is 2.37. The number of benzene rings is 2. The highest BCUT2D eigenvalue weighted by atomic mass is 32.2. The molecule has 0 spiro atoms. The topological polar surface area (TPSA) is 78.3 Å². The molecule has 1 unspecified atom stereocenters. The minimum atomic E-state index is -0.455. The zero-order valence-electron chi connectivity index (χ0n) is 19.8. The summed E-state index contributed by atoms with van der Waals surface area (Å²) in [5.41, 5.74) is 3.07. The van der Waals surface area contributed by atoms with Gasteiger partial charge in [0.05, 0.1) is 12.2 Å². The molecule has 8 heteroatoms. The number of rotatable bonds is 10. The van der Waals surface area contributed by atoms with Crippen LogP contribution in [-0.4, -0.2) is 33.1 Å². The Hall–Kier alpha value is -3.26. The van der Waals surface area contributed by atoms with Gasteiger partial charge in [0.1, 0.15) is 18.4 Å². The lowest BCUT2D eigenvalue weighted by Gasteiger charge is -2.28. The first kappa shape index (κ1) is 23.9. The zero-order chi connectivity index (χ0) is 23.9. The number of hydrogen-bond acceptors (Lipinski definition) is 7. The van der Waals surface area contributed by atoms with Gasteiger partial charge in [-0.15, -0.1) is 5.10 Å². The maximum absolute atomic E-state index is 13.4. The van der Waals surface area contributed by atoms with Gasteiger partial charge in [-0.25, -0.2) is 9.48 Å². The molecule has 0 saturated heterocycles. The molecule has 0 fully saturated rings. The van der Waals surface area contributed by atoms with Gasteiger partial charge in [0.15, 0.2) is 0 Å². The lowest BCUT2D eigenvalue weighted by atomic mass is 9.95. The normalized spacial score (nSPS) is 15.0. The van der Waals surface area contributed by atoms with Crippen molar-refractivity contribution < 1.29 is 14.3 Å². The van der Waals surface area contributed by atoms with E-state index in [4.69, 9.17) is 14.6 Å². The Labute approximate surface area is 204 Å². The minimum Gasteiger partial charge on any atom is -0.494 e. The van der Waals surface area contributed by atoms with E-state index in [9.17, 15) is 4.79 Å². The first-order valence-corrected chi connectivity index (χ1v) is 12.6. The summed E-state index contributed by atoms with van der Waals surface area (Å²) in [6.07, 6.45) is 1.97. The third kappa shape index (κ3) is 5.44. The Morgan fingerprint density at radius 3 is 2.56 bits per heavy atom. The number of allylic oxidation sites excluding steroid dienone is 1. The number of hydrogen-bond donors (Lipinski definition) is 1. The maximum atomic E-state index is 13.4. The number of anilines is 1. The van der Waals surface area contributed by atoms with E-state index in [1.807, 2.05) is 61.5 Å². The first-order valence-electron chi connectivity index (χ1n) is 11.6. The number of thioether (sulfide) groups is 1. The van der Waals surface area contributed by atoms with Gasteiger partial charge in [0.25, 0.3) is 0 Å². The van der Waals surface area contributed by atoms with E-state index in [-0.39, 0.29) is 12.6 Å². The van der Waals surface area contributed by atoms with Gasteiger partial charge in [-0.05, 0) is 43.0 Å². The third-order valence-corrected chi connectivity index (χ3v) is 6.41. The van der Waals surface area contributed by atoms with Crippen LogP contribution in [0.15, 0.2) is 71.0 Å². The van der Waals surface area contributed by atoms with E-state index in [1.54, 1.807) is 16.4 Å². The van der Waals surface area contributed by atoms with Gasteiger partial charge >= 0.3 is 5.97 Å². The number of esters is 1. The second-order valence-electron chi connectivity index (χ2n) is 8.06. The fourth-order valence-electron chi connectivity index (χ4n) is 3.73. The molecule has 1 aliphatic heterocycles. The van der Waals surface area contributed by atoms with Crippen molar-refractivity contribution in [2.75, 3.05) is 17.7 Å². The molecule has 3 aromatic rings. The lowest BCUT2D eigenvalue weighted by molar-refractivity contribution is -0.140. The average Bonchev–Trinajstić information content (AvgIpc) is 3.27. The van der Waals surface area contributed by atoms with E-state index >= 15 is 0 Å². The molecular formula is C26H30N4O3S. The van der Waals surface area contributed by atoms with Crippen LogP contribution in [0.25, 0.3) is 0 Å². The predicted octanol–water partition coefficient (Wildman–Crippen LogP) is 5.60. The summed E-state index contributed by atoms with van der Waals surface area (Å²) in [4.78, 5) is 18.0. The average molecular weight is 479 g/mol. The van der Waals surface area contributed by atoms with Gasteiger partial charge in [0, 0.05) is 11.4 Å². The summed E-state index contributed by atoms with van der Waals surface area (Å²) < 4.78 is 13.3. The second-order valence-corrected chi connectivity index (χ2v) is 9.12. The van der Waals surface area contributed by atoms with Crippen LogP contribution in [0.1, 0.15) is 50.8 Å². The standard InChI is InChI=1S/C26H30N4O3S/c1-4-15-32-21-13-11-20(12-14-21)23-22(24(31)33-17-19-9-7-6-8-10-19)18(3)27-25-28-26(29-30(23)25)34-16-5-2/h6-14,23H,4-5,15-17H2,1-3H3,(H,27,28,29). The Bertz CT molecular complexity index is 1140. The van der Waals surface area contributed by atoms with Crippen LogP contribution in [0, 0.1) is 0 Å². The number of ether oxygens (including phenoxy) is 2. The monoisotopic (exact) mass is 478 g/mol. The van der Waals surface area contributed by atoms with Crippen molar-refractivity contribution >= 4 is 23.7 Å². The molecular weight excluding hydrogens is 448 g/mol. The molecule has 7 nitrogen and oxygen atoms in total. The molecule has 0 aliphatic carbocycles. The van der Waals surface area contributed by atoms with E-state index in [1.165, 1.54) is 0 Å². The van der Waals surface area contributed by atoms with Crippen LogP contribution in [0.4, 0.5) is 5.95 Å². The lowest BCUT2D eigenvalue weighted by Crippen LogP contribution is -2.29. The molecule has 1 aliphatic rings. The second kappa shape index (κ2) is 11.2. The largest absolute Gasteiger partial charge is 0.494 e. The molecule has 2 heterocycles. The smallest absolute Gasteiger partial charge is 0.338 e. The van der Waals surface area contributed by atoms with Crippen molar-refractivity contribution in [2.45, 2.75) is 51.4 Å². The third-order valence-electron chi connectivity index (χ3n) is 5.37. The van der Waals surface area contributed by atoms with Crippen molar-refractivity contribution in [2.24, 2.45) is 0 Å². The van der Waals surface area contributed by atoms with Crippen molar-refractivity contribution in [3.8, 4) is 5.75 Å². The van der Waals surface area contributed by atoms with Gasteiger partial charge < -0.3 is 14.8 Å². The van der Waals surface area contributed by atoms with Crippen molar-refractivity contribution in [1.82, 2.24) is 14.8 Å². The number of aromatic nitrogens is 3. The summed E-state index contributed by atoms with van der Waals surface area (Å²) in [7, 11) is 0. The summed E-state index contributed by atoms with van der Waals surface area (Å²) in [6.45, 7) is 6.94. The molecule has 1 N–H and O–H groups in total. The van der Waals surface area contributed by atoms with Gasteiger partial charge in [0.2, 0.25) is 11.1 Å². The Morgan fingerprint density at radius 1 is 1.09 bits per heavy atom. The molecule has 34 heavy (non-hydrogen) atoms. The van der Waals surface area contributed by atoms with Crippen LogP contribution in [0.2, 0.25) is 0 Å². The van der Waals surface area contributed by atoms with Crippen LogP contribution in [0.3, 0.4) is 0 Å². The summed E-state index contributed by atoms with van der Waals surface area (Å²) in [5.74, 6) is 1.96. The maximum Gasteiger partial charge on any atom is 0.338 e. The van der Waals surface area contributed by atoms with E-state index in [0.29, 0.717) is 29.0 Å². The molecule has 1 aromatic heterocycles. The molecule has 2 aromatic carbocycles. The number of carbonyl (C=O) groups is 1. The van der Waals surface area contributed by atoms with Crippen molar-refractivity contribution in [1.29, 1.82) is 0 Å². The van der Waals surface area contributed by atoms with Crippen molar-refractivity contribution in [3.63, 3.8) is 0 Å². The van der Waals surface area contributed by atoms with Crippen LogP contribution in [0.5, 0.6) is 5.75 Å². The van der Waals surface area contributed by atoms with Crippen LogP contribution < -0.4 is 10.1 Å². The molecule has 4 rings (SSSR count). The summed E-state index contributed by atoms with van der Waals surface area (Å²) >= 11 is 1.60. The number of carbonyl (C=O) groups excluding carboxylic acids is 1. The highest BCUT2D eigenvalue weighted by Gasteiger charge is 2.35. The fraction of sp³-hybridized carbons (Fsp3) is 0.346. The number of nitrogens with zero attached hydrogens (tertiary/aromatic N) is 3. The van der Waals surface area contributed by atoms with Crippen LogP contribution >= 0.6 is 11.8 Å². The van der Waals surface area contributed by atoms with E-state index in [2.05, 4.69) is 24.1 Å². The van der Waals surface area contributed by atoms with Gasteiger partial charge in [-0.1, -0.05) is 68.1 Å². The molecule has 178 valence electrons. The highest BCUT2D eigenvalue weighted by molar-refractivity contribution is 7.99. The van der Waals surface area contributed by atoms with Crippen molar-refractivity contribution in [3.05, 3.63) is 77.0 Å². The first-order chi connectivity index (χ1) is 16.6. The summed E-state index contributed by atoms with van der Waals surface area (Å²) in [5, 5.41) is 8.68. The minimum absolute atomic E-state index is 0.203. The predicted molar refractivity (Wildman–Crippen MR) is 134 cm³/mol. The van der Waals surface area contributed by atoms with E-state index in [0.717, 1.165) is 35.5 Å². The molecule has 0 radical (unpaired) electrons. The Morgan fingerprint density at radius 2 is 1.85 bits per heavy atom. The number of fused-ring (bicyclic) bond motifs is 1. The van der Waals surface area contributed by atoms with Gasteiger partial charge in [-0.2, -0.15) is 4.98 Å². The van der Waals surface area contributed by atoms with E-state index < -0.39 is 6.04 Å². The van der Waals surface area contributed by atoms with Crippen LogP contribution in [-0.2, 0) is 16.1 Å². The fourth-order valence-corrected chi connectivity index (χ4v) is 4.41. The Kier molecular flexibility index (Phi) is 7.90. The summed E-state index contributed by atoms with van der Waals surface area (Å²) in [6, 6.07) is 17.0. The quantitative estimate of drug-likeness (QED) is 0.300. The molecule has 0 bridgehead atoms.